The number of unbranched alkanes of at least 4 members (excludes halogenated alkanes) is 6. The van der Waals surface area contributed by atoms with Crippen LogP contribution in [0.5, 0.6) is 0 Å². The van der Waals surface area contributed by atoms with Gasteiger partial charge in [0.2, 0.25) is 0 Å². The monoisotopic (exact) mass is 316 g/mol. The summed E-state index contributed by atoms with van der Waals surface area (Å²) in [6.45, 7) is 6.07. The topological polar surface area (TPSA) is 44.2 Å². The highest BCUT2D eigenvalue weighted by Crippen LogP contribution is 2.13. The standard InChI is InChI=1S/C20H32N2O/c1-3-5-7-11-15-22(16-12-8-6-4-2)20(23)19-14-10-9-13-18(19)17-21/h9-10,13-14,17,21H,3-8,11-12,15-16H2,1-2H3. The van der Waals surface area contributed by atoms with E-state index in [-0.39, 0.29) is 5.91 Å². The van der Waals surface area contributed by atoms with E-state index in [9.17, 15) is 4.79 Å². The van der Waals surface area contributed by atoms with E-state index in [1.807, 2.05) is 29.2 Å². The highest BCUT2D eigenvalue weighted by Gasteiger charge is 2.17. The second kappa shape index (κ2) is 11.9. The van der Waals surface area contributed by atoms with Crippen LogP contribution < -0.4 is 0 Å². The summed E-state index contributed by atoms with van der Waals surface area (Å²) >= 11 is 0. The SMILES string of the molecule is CCCCCCN(CCCCCC)C(=O)c1ccccc1C=N. The van der Waals surface area contributed by atoms with Crippen molar-refractivity contribution in [2.24, 2.45) is 0 Å². The lowest BCUT2D eigenvalue weighted by Crippen LogP contribution is -2.33. The molecule has 0 heterocycles. The molecule has 128 valence electrons. The molecule has 0 fully saturated rings. The minimum Gasteiger partial charge on any atom is -0.339 e. The van der Waals surface area contributed by atoms with E-state index in [2.05, 4.69) is 13.8 Å². The van der Waals surface area contributed by atoms with E-state index < -0.39 is 0 Å². The fourth-order valence-corrected chi connectivity index (χ4v) is 2.76. The fraction of sp³-hybridized carbons (Fsp3) is 0.600. The van der Waals surface area contributed by atoms with Crippen molar-refractivity contribution >= 4 is 12.1 Å². The maximum Gasteiger partial charge on any atom is 0.254 e. The molecule has 0 atom stereocenters. The average Bonchev–Trinajstić information content (AvgIpc) is 2.59. The summed E-state index contributed by atoms with van der Waals surface area (Å²) in [4.78, 5) is 14.9. The summed E-state index contributed by atoms with van der Waals surface area (Å²) in [6.07, 6.45) is 10.7. The third kappa shape index (κ3) is 6.98. The second-order valence-corrected chi connectivity index (χ2v) is 6.15. The molecule has 0 radical (unpaired) electrons. The first-order chi connectivity index (χ1) is 11.2. The van der Waals surface area contributed by atoms with E-state index in [0.29, 0.717) is 11.1 Å². The van der Waals surface area contributed by atoms with Gasteiger partial charge in [0.05, 0.1) is 0 Å². The smallest absolute Gasteiger partial charge is 0.254 e. The first-order valence-electron chi connectivity index (χ1n) is 9.13. The lowest BCUT2D eigenvalue weighted by atomic mass is 10.1. The van der Waals surface area contributed by atoms with Crippen LogP contribution in [-0.4, -0.2) is 30.1 Å². The van der Waals surface area contributed by atoms with Gasteiger partial charge in [-0.2, -0.15) is 0 Å². The molecule has 0 saturated carbocycles. The number of hydrogen-bond donors (Lipinski definition) is 1. The van der Waals surface area contributed by atoms with Crippen LogP contribution in [0.2, 0.25) is 0 Å². The normalized spacial score (nSPS) is 10.5. The maximum atomic E-state index is 12.9. The Bertz CT molecular complexity index is 458. The van der Waals surface area contributed by atoms with Crippen LogP contribution in [0.3, 0.4) is 0 Å². The number of hydrogen-bond acceptors (Lipinski definition) is 2. The second-order valence-electron chi connectivity index (χ2n) is 6.15. The van der Waals surface area contributed by atoms with E-state index in [1.54, 1.807) is 0 Å². The average molecular weight is 316 g/mol. The Morgan fingerprint density at radius 1 is 0.957 bits per heavy atom. The molecule has 0 saturated heterocycles. The molecular weight excluding hydrogens is 284 g/mol. The molecular formula is C20H32N2O. The molecule has 23 heavy (non-hydrogen) atoms. The van der Waals surface area contributed by atoms with Crippen LogP contribution in [0.25, 0.3) is 0 Å². The first-order valence-corrected chi connectivity index (χ1v) is 9.13. The third-order valence-electron chi connectivity index (χ3n) is 4.20. The molecule has 0 aliphatic carbocycles. The van der Waals surface area contributed by atoms with Gasteiger partial charge in [-0.05, 0) is 18.9 Å². The van der Waals surface area contributed by atoms with Crippen molar-refractivity contribution in [3.8, 4) is 0 Å². The minimum absolute atomic E-state index is 0.0806. The maximum absolute atomic E-state index is 12.9. The third-order valence-corrected chi connectivity index (χ3v) is 4.20. The molecule has 0 spiro atoms. The van der Waals surface area contributed by atoms with Crippen LogP contribution in [0, 0.1) is 5.41 Å². The predicted octanol–water partition coefficient (Wildman–Crippen LogP) is 5.29. The summed E-state index contributed by atoms with van der Waals surface area (Å²) < 4.78 is 0. The molecule has 3 heteroatoms. The molecule has 0 aromatic heterocycles. The van der Waals surface area contributed by atoms with Crippen molar-refractivity contribution in [1.82, 2.24) is 4.90 Å². The minimum atomic E-state index is 0.0806. The van der Waals surface area contributed by atoms with E-state index >= 15 is 0 Å². The molecule has 1 aromatic rings. The fourth-order valence-electron chi connectivity index (χ4n) is 2.76. The van der Waals surface area contributed by atoms with Crippen LogP contribution in [0.1, 0.15) is 81.1 Å². The van der Waals surface area contributed by atoms with Crippen LogP contribution in [0.15, 0.2) is 24.3 Å². The zero-order valence-corrected chi connectivity index (χ0v) is 14.8. The first kappa shape index (κ1) is 19.4. The largest absolute Gasteiger partial charge is 0.339 e. The van der Waals surface area contributed by atoms with Gasteiger partial charge < -0.3 is 10.3 Å². The van der Waals surface area contributed by atoms with Gasteiger partial charge in [0, 0.05) is 30.4 Å². The van der Waals surface area contributed by atoms with Gasteiger partial charge >= 0.3 is 0 Å². The Balaban J connectivity index is 2.71. The number of amides is 1. The Morgan fingerprint density at radius 3 is 2.04 bits per heavy atom. The Kier molecular flexibility index (Phi) is 10.0. The number of nitrogens with zero attached hydrogens (tertiary/aromatic N) is 1. The highest BCUT2D eigenvalue weighted by molar-refractivity contribution is 6.01. The van der Waals surface area contributed by atoms with Gasteiger partial charge in [-0.1, -0.05) is 70.6 Å². The summed E-state index contributed by atoms with van der Waals surface area (Å²) in [6, 6.07) is 7.44. The number of carbonyl (C=O) groups excluding carboxylic acids is 1. The van der Waals surface area contributed by atoms with Crippen molar-refractivity contribution in [3.63, 3.8) is 0 Å². The van der Waals surface area contributed by atoms with E-state index in [0.717, 1.165) is 25.9 Å². The number of nitrogens with one attached hydrogen (secondary N) is 1. The van der Waals surface area contributed by atoms with Gasteiger partial charge in [0.15, 0.2) is 0 Å². The van der Waals surface area contributed by atoms with Gasteiger partial charge in [-0.15, -0.1) is 0 Å². The summed E-state index contributed by atoms with van der Waals surface area (Å²) in [7, 11) is 0. The summed E-state index contributed by atoms with van der Waals surface area (Å²) in [5.41, 5.74) is 1.37. The van der Waals surface area contributed by atoms with Crippen molar-refractivity contribution in [3.05, 3.63) is 35.4 Å². The molecule has 1 amide bonds. The van der Waals surface area contributed by atoms with Gasteiger partial charge in [0.25, 0.3) is 5.91 Å². The Morgan fingerprint density at radius 2 is 1.52 bits per heavy atom. The molecule has 1 rings (SSSR count). The van der Waals surface area contributed by atoms with Crippen LogP contribution in [0.4, 0.5) is 0 Å². The van der Waals surface area contributed by atoms with Gasteiger partial charge in [0.1, 0.15) is 0 Å². The van der Waals surface area contributed by atoms with E-state index in [1.165, 1.54) is 44.7 Å². The summed E-state index contributed by atoms with van der Waals surface area (Å²) in [5.74, 6) is 0.0806. The van der Waals surface area contributed by atoms with Crippen molar-refractivity contribution < 1.29 is 4.79 Å². The molecule has 0 aliphatic rings. The quantitative estimate of drug-likeness (QED) is 0.413. The number of benzene rings is 1. The Labute approximate surface area is 141 Å². The number of rotatable bonds is 12. The van der Waals surface area contributed by atoms with Crippen molar-refractivity contribution in [2.75, 3.05) is 13.1 Å². The van der Waals surface area contributed by atoms with Crippen molar-refractivity contribution in [2.45, 2.75) is 65.2 Å². The molecule has 1 aromatic carbocycles. The number of carbonyl (C=O) groups is 1. The van der Waals surface area contributed by atoms with E-state index in [4.69, 9.17) is 5.41 Å². The predicted molar refractivity (Wildman–Crippen MR) is 98.5 cm³/mol. The lowest BCUT2D eigenvalue weighted by Gasteiger charge is -2.23. The Hall–Kier alpha value is -1.64. The molecule has 3 nitrogen and oxygen atoms in total. The van der Waals surface area contributed by atoms with Gasteiger partial charge in [-0.25, -0.2) is 0 Å². The lowest BCUT2D eigenvalue weighted by molar-refractivity contribution is 0.0749. The highest BCUT2D eigenvalue weighted by atomic mass is 16.2. The molecule has 0 bridgehead atoms. The zero-order valence-electron chi connectivity index (χ0n) is 14.8. The molecule has 0 unspecified atom stereocenters. The molecule has 0 aliphatic heterocycles. The van der Waals surface area contributed by atoms with Crippen LogP contribution in [-0.2, 0) is 0 Å². The van der Waals surface area contributed by atoms with Crippen molar-refractivity contribution in [1.29, 1.82) is 5.41 Å². The summed E-state index contributed by atoms with van der Waals surface area (Å²) in [5, 5.41) is 7.51. The van der Waals surface area contributed by atoms with Crippen LogP contribution >= 0.6 is 0 Å². The van der Waals surface area contributed by atoms with Gasteiger partial charge in [-0.3, -0.25) is 4.79 Å². The zero-order chi connectivity index (χ0) is 16.9. The molecule has 1 N–H and O–H groups in total.